The fourth-order valence-electron chi connectivity index (χ4n) is 3.24. The first kappa shape index (κ1) is 10.2. The summed E-state index contributed by atoms with van der Waals surface area (Å²) in [5.41, 5.74) is 2.15. The van der Waals surface area contributed by atoms with Gasteiger partial charge < -0.3 is 5.11 Å². The number of hydrogen-bond donors (Lipinski definition) is 1. The Morgan fingerprint density at radius 3 is 2.93 bits per heavy atom. The van der Waals surface area contributed by atoms with Crippen LogP contribution in [0.1, 0.15) is 46.0 Å². The van der Waals surface area contributed by atoms with E-state index in [2.05, 4.69) is 19.9 Å². The Bertz CT molecular complexity index is 240. The molecule has 2 aliphatic rings. The van der Waals surface area contributed by atoms with Crippen molar-refractivity contribution < 1.29 is 5.11 Å². The molecule has 0 bridgehead atoms. The average Bonchev–Trinajstić information content (AvgIpc) is 2.16. The highest BCUT2D eigenvalue weighted by atomic mass is 16.3. The molecule has 0 aromatic heterocycles. The van der Waals surface area contributed by atoms with E-state index < -0.39 is 0 Å². The summed E-state index contributed by atoms with van der Waals surface area (Å²) in [6.07, 6.45) is 8.70. The molecule has 0 amide bonds. The molecule has 0 heterocycles. The van der Waals surface area contributed by atoms with Crippen LogP contribution >= 0.6 is 0 Å². The summed E-state index contributed by atoms with van der Waals surface area (Å²) in [6.45, 7) is 5.19. The van der Waals surface area contributed by atoms with Gasteiger partial charge in [0.05, 0.1) is 0 Å². The lowest BCUT2D eigenvalue weighted by Crippen LogP contribution is -2.33. The largest absolute Gasteiger partial charge is 0.396 e. The van der Waals surface area contributed by atoms with E-state index in [9.17, 15) is 5.11 Å². The van der Waals surface area contributed by atoms with Gasteiger partial charge >= 0.3 is 0 Å². The molecule has 2 atom stereocenters. The lowest BCUT2D eigenvalue weighted by molar-refractivity contribution is 0.132. The molecular formula is C13H22O. The third kappa shape index (κ3) is 1.75. The first-order valence-corrected chi connectivity index (χ1v) is 5.93. The number of fused-ring (bicyclic) bond motifs is 1. The first-order chi connectivity index (χ1) is 6.63. The smallest absolute Gasteiger partial charge is 0.0462 e. The van der Waals surface area contributed by atoms with Crippen molar-refractivity contribution in [2.24, 2.45) is 17.3 Å². The zero-order valence-corrected chi connectivity index (χ0v) is 9.42. The molecule has 0 aliphatic heterocycles. The molecule has 1 heteroatoms. The summed E-state index contributed by atoms with van der Waals surface area (Å²) in [6, 6.07) is 0. The minimum Gasteiger partial charge on any atom is -0.396 e. The maximum absolute atomic E-state index is 9.18. The maximum Gasteiger partial charge on any atom is 0.0462 e. The van der Waals surface area contributed by atoms with Crippen LogP contribution in [0.2, 0.25) is 0 Å². The number of rotatable bonds is 1. The fourth-order valence-corrected chi connectivity index (χ4v) is 3.24. The van der Waals surface area contributed by atoms with Crippen LogP contribution in [0.5, 0.6) is 0 Å². The summed E-state index contributed by atoms with van der Waals surface area (Å²) in [7, 11) is 0. The van der Waals surface area contributed by atoms with Gasteiger partial charge in [0.15, 0.2) is 0 Å². The zero-order valence-electron chi connectivity index (χ0n) is 9.42. The Kier molecular flexibility index (Phi) is 2.70. The van der Waals surface area contributed by atoms with Crippen molar-refractivity contribution in [3.8, 4) is 0 Å². The quantitative estimate of drug-likeness (QED) is 0.636. The standard InChI is InChI=1S/C13H22O/c1-13(2)7-3-4-11-8-10(9-14)5-6-12(11)13/h4,10,12,14H,3,5-9H2,1-2H3. The van der Waals surface area contributed by atoms with Crippen molar-refractivity contribution in [2.45, 2.75) is 46.0 Å². The summed E-state index contributed by atoms with van der Waals surface area (Å²) in [5, 5.41) is 9.18. The van der Waals surface area contributed by atoms with Crippen LogP contribution in [0.25, 0.3) is 0 Å². The molecule has 1 saturated carbocycles. The maximum atomic E-state index is 9.18. The molecule has 2 unspecified atom stereocenters. The Morgan fingerprint density at radius 1 is 1.43 bits per heavy atom. The molecule has 80 valence electrons. The Morgan fingerprint density at radius 2 is 2.21 bits per heavy atom. The summed E-state index contributed by atoms with van der Waals surface area (Å²) >= 11 is 0. The van der Waals surface area contributed by atoms with Crippen molar-refractivity contribution in [3.63, 3.8) is 0 Å². The molecule has 0 spiro atoms. The third-order valence-corrected chi connectivity index (χ3v) is 4.23. The molecule has 14 heavy (non-hydrogen) atoms. The van der Waals surface area contributed by atoms with E-state index in [4.69, 9.17) is 0 Å². The van der Waals surface area contributed by atoms with Gasteiger partial charge in [-0.1, -0.05) is 25.5 Å². The molecule has 2 rings (SSSR count). The van der Waals surface area contributed by atoms with Gasteiger partial charge in [-0.15, -0.1) is 0 Å². The van der Waals surface area contributed by atoms with Crippen molar-refractivity contribution in [1.82, 2.24) is 0 Å². The number of aliphatic hydroxyl groups is 1. The van der Waals surface area contributed by atoms with Gasteiger partial charge in [0, 0.05) is 6.61 Å². The molecular weight excluding hydrogens is 172 g/mol. The van der Waals surface area contributed by atoms with Gasteiger partial charge in [-0.05, 0) is 49.4 Å². The Hall–Kier alpha value is -0.300. The molecule has 0 radical (unpaired) electrons. The van der Waals surface area contributed by atoms with E-state index in [1.54, 1.807) is 5.57 Å². The predicted octanol–water partition coefficient (Wildman–Crippen LogP) is 3.14. The minimum absolute atomic E-state index is 0.379. The van der Waals surface area contributed by atoms with Gasteiger partial charge in [0.1, 0.15) is 0 Å². The van der Waals surface area contributed by atoms with Crippen molar-refractivity contribution in [3.05, 3.63) is 11.6 Å². The number of hydrogen-bond acceptors (Lipinski definition) is 1. The second-order valence-corrected chi connectivity index (χ2v) is 5.69. The van der Waals surface area contributed by atoms with Gasteiger partial charge in [0.25, 0.3) is 0 Å². The van der Waals surface area contributed by atoms with Crippen LogP contribution in [-0.4, -0.2) is 11.7 Å². The number of aliphatic hydroxyl groups excluding tert-OH is 1. The normalized spacial score (nSPS) is 36.1. The van der Waals surface area contributed by atoms with Crippen LogP contribution in [0.4, 0.5) is 0 Å². The lowest BCUT2D eigenvalue weighted by Gasteiger charge is -2.44. The van der Waals surface area contributed by atoms with E-state index in [0.717, 1.165) is 12.3 Å². The van der Waals surface area contributed by atoms with E-state index in [-0.39, 0.29) is 0 Å². The molecule has 2 aliphatic carbocycles. The lowest BCUT2D eigenvalue weighted by atomic mass is 9.62. The van der Waals surface area contributed by atoms with E-state index in [1.807, 2.05) is 0 Å². The highest BCUT2D eigenvalue weighted by Gasteiger charge is 2.37. The third-order valence-electron chi connectivity index (χ3n) is 4.23. The van der Waals surface area contributed by atoms with Gasteiger partial charge in [-0.3, -0.25) is 0 Å². The Labute approximate surface area is 87.2 Å². The zero-order chi connectivity index (χ0) is 10.2. The van der Waals surface area contributed by atoms with Gasteiger partial charge in [0.2, 0.25) is 0 Å². The highest BCUT2D eigenvalue weighted by molar-refractivity contribution is 5.17. The summed E-state index contributed by atoms with van der Waals surface area (Å²) in [5.74, 6) is 1.35. The molecule has 1 fully saturated rings. The fraction of sp³-hybridized carbons (Fsp3) is 0.846. The summed E-state index contributed by atoms with van der Waals surface area (Å²) in [4.78, 5) is 0. The molecule has 0 saturated heterocycles. The van der Waals surface area contributed by atoms with Gasteiger partial charge in [-0.2, -0.15) is 0 Å². The summed E-state index contributed by atoms with van der Waals surface area (Å²) < 4.78 is 0. The van der Waals surface area contributed by atoms with Crippen LogP contribution < -0.4 is 0 Å². The molecule has 1 N–H and O–H groups in total. The number of allylic oxidation sites excluding steroid dienone is 2. The van der Waals surface area contributed by atoms with E-state index >= 15 is 0 Å². The van der Waals surface area contributed by atoms with E-state index in [0.29, 0.717) is 17.9 Å². The average molecular weight is 194 g/mol. The first-order valence-electron chi connectivity index (χ1n) is 5.93. The SMILES string of the molecule is CC1(C)CCC=C2CC(CO)CCC21. The van der Waals surface area contributed by atoms with Crippen LogP contribution in [0.15, 0.2) is 11.6 Å². The predicted molar refractivity (Wildman–Crippen MR) is 59.0 cm³/mol. The molecule has 0 aromatic carbocycles. The molecule has 1 nitrogen and oxygen atoms in total. The second kappa shape index (κ2) is 3.69. The monoisotopic (exact) mass is 194 g/mol. The van der Waals surface area contributed by atoms with Crippen LogP contribution in [0, 0.1) is 17.3 Å². The van der Waals surface area contributed by atoms with Crippen molar-refractivity contribution in [2.75, 3.05) is 6.61 Å². The minimum atomic E-state index is 0.379. The molecule has 0 aromatic rings. The second-order valence-electron chi connectivity index (χ2n) is 5.69. The Balaban J connectivity index is 2.13. The highest BCUT2D eigenvalue weighted by Crippen LogP contribution is 2.48. The van der Waals surface area contributed by atoms with E-state index in [1.165, 1.54) is 25.7 Å². The van der Waals surface area contributed by atoms with Crippen molar-refractivity contribution in [1.29, 1.82) is 0 Å². The van der Waals surface area contributed by atoms with Crippen LogP contribution in [0.3, 0.4) is 0 Å². The topological polar surface area (TPSA) is 20.2 Å². The van der Waals surface area contributed by atoms with Gasteiger partial charge in [-0.25, -0.2) is 0 Å². The van der Waals surface area contributed by atoms with Crippen molar-refractivity contribution >= 4 is 0 Å². The van der Waals surface area contributed by atoms with Crippen LogP contribution in [-0.2, 0) is 0 Å².